The second-order valence-electron chi connectivity index (χ2n) is 4.46. The largest absolute Gasteiger partial charge is 0.323 e. The highest BCUT2D eigenvalue weighted by atomic mass is 32.2. The average molecular weight is 258 g/mol. The zero-order valence-electron chi connectivity index (χ0n) is 10.8. The van der Waals surface area contributed by atoms with E-state index in [1.54, 1.807) is 11.8 Å². The monoisotopic (exact) mass is 258 g/mol. The van der Waals surface area contributed by atoms with E-state index < -0.39 is 0 Å². The van der Waals surface area contributed by atoms with E-state index in [4.69, 9.17) is 5.73 Å². The first kappa shape index (κ1) is 13.1. The molecule has 0 bridgehead atoms. The van der Waals surface area contributed by atoms with Crippen molar-refractivity contribution in [2.24, 2.45) is 5.73 Å². The quantitative estimate of drug-likeness (QED) is 0.853. The lowest BCUT2D eigenvalue weighted by Gasteiger charge is -2.15. The Morgan fingerprint density at radius 3 is 2.56 bits per heavy atom. The number of pyridine rings is 1. The van der Waals surface area contributed by atoms with Crippen LogP contribution in [0.15, 0.2) is 47.6 Å². The van der Waals surface area contributed by atoms with Crippen molar-refractivity contribution in [1.82, 2.24) is 4.98 Å². The van der Waals surface area contributed by atoms with Gasteiger partial charge in [-0.2, -0.15) is 0 Å². The van der Waals surface area contributed by atoms with Crippen LogP contribution in [0.4, 0.5) is 0 Å². The fourth-order valence-corrected chi connectivity index (χ4v) is 2.82. The molecule has 2 rings (SSSR count). The van der Waals surface area contributed by atoms with Crippen LogP contribution < -0.4 is 5.73 Å². The second kappa shape index (κ2) is 6.03. The Labute approximate surface area is 113 Å². The highest BCUT2D eigenvalue weighted by Gasteiger charge is 2.09. The normalized spacial score (nSPS) is 12.4. The van der Waals surface area contributed by atoms with E-state index in [2.05, 4.69) is 37.0 Å². The van der Waals surface area contributed by atoms with E-state index in [-0.39, 0.29) is 6.04 Å². The van der Waals surface area contributed by atoms with Gasteiger partial charge in [0.15, 0.2) is 0 Å². The van der Waals surface area contributed by atoms with Crippen LogP contribution in [0.2, 0.25) is 0 Å². The minimum atomic E-state index is 0.0729. The number of aromatic nitrogens is 1. The van der Waals surface area contributed by atoms with Gasteiger partial charge in [0.05, 0.1) is 0 Å². The number of nitrogens with zero attached hydrogens (tertiary/aromatic N) is 1. The first-order valence-electron chi connectivity index (χ1n) is 6.02. The van der Waals surface area contributed by atoms with Crippen molar-refractivity contribution in [3.05, 3.63) is 59.4 Å². The number of nitrogens with two attached hydrogens (primary N) is 1. The molecule has 0 aliphatic rings. The van der Waals surface area contributed by atoms with Gasteiger partial charge >= 0.3 is 0 Å². The maximum absolute atomic E-state index is 6.26. The maximum Gasteiger partial charge on any atom is 0.0392 e. The average Bonchev–Trinajstić information content (AvgIpc) is 2.37. The van der Waals surface area contributed by atoms with Crippen molar-refractivity contribution in [3.8, 4) is 0 Å². The molecule has 1 aromatic heterocycles. The molecule has 94 valence electrons. The van der Waals surface area contributed by atoms with Crippen LogP contribution in [0.1, 0.15) is 22.7 Å². The summed E-state index contributed by atoms with van der Waals surface area (Å²) in [4.78, 5) is 5.22. The molecule has 0 saturated heterocycles. The fourth-order valence-electron chi connectivity index (χ4n) is 1.95. The molecule has 2 N–H and O–H groups in total. The molecule has 1 unspecified atom stereocenters. The maximum atomic E-state index is 6.26. The standard InChI is InChI=1S/C15H18N2S/c1-11-3-4-14(12(2)9-11)15(16)10-18-13-5-7-17-8-6-13/h3-9,15H,10,16H2,1-2H3. The number of hydrogen-bond donors (Lipinski definition) is 1. The van der Waals surface area contributed by atoms with Crippen molar-refractivity contribution < 1.29 is 0 Å². The number of hydrogen-bond acceptors (Lipinski definition) is 3. The van der Waals surface area contributed by atoms with Crippen molar-refractivity contribution in [1.29, 1.82) is 0 Å². The molecule has 0 fully saturated rings. The van der Waals surface area contributed by atoms with Crippen LogP contribution in [0.3, 0.4) is 0 Å². The number of aryl methyl sites for hydroxylation is 2. The van der Waals surface area contributed by atoms with E-state index in [1.807, 2.05) is 24.5 Å². The van der Waals surface area contributed by atoms with Crippen molar-refractivity contribution >= 4 is 11.8 Å². The Morgan fingerprint density at radius 1 is 1.17 bits per heavy atom. The fraction of sp³-hybridized carbons (Fsp3) is 0.267. The van der Waals surface area contributed by atoms with Gasteiger partial charge in [-0.25, -0.2) is 0 Å². The van der Waals surface area contributed by atoms with Gasteiger partial charge in [0.1, 0.15) is 0 Å². The minimum Gasteiger partial charge on any atom is -0.323 e. The molecular weight excluding hydrogens is 240 g/mol. The Kier molecular flexibility index (Phi) is 4.39. The van der Waals surface area contributed by atoms with Gasteiger partial charge in [-0.05, 0) is 37.1 Å². The second-order valence-corrected chi connectivity index (χ2v) is 5.55. The van der Waals surface area contributed by atoms with Crippen LogP contribution >= 0.6 is 11.8 Å². The summed E-state index contributed by atoms with van der Waals surface area (Å²) in [6.07, 6.45) is 3.62. The molecule has 1 heterocycles. The molecule has 0 aliphatic carbocycles. The van der Waals surface area contributed by atoms with Crippen LogP contribution in [0.5, 0.6) is 0 Å². The lowest BCUT2D eigenvalue weighted by atomic mass is 10.0. The van der Waals surface area contributed by atoms with Crippen LogP contribution in [-0.2, 0) is 0 Å². The lowest BCUT2D eigenvalue weighted by molar-refractivity contribution is 0.822. The Morgan fingerprint density at radius 2 is 1.89 bits per heavy atom. The third-order valence-electron chi connectivity index (χ3n) is 2.90. The van der Waals surface area contributed by atoms with Gasteiger partial charge in [-0.1, -0.05) is 23.8 Å². The molecule has 0 spiro atoms. The zero-order chi connectivity index (χ0) is 13.0. The molecule has 0 saturated carbocycles. The molecule has 0 radical (unpaired) electrons. The van der Waals surface area contributed by atoms with Crippen molar-refractivity contribution in [2.45, 2.75) is 24.8 Å². The molecule has 3 heteroatoms. The van der Waals surface area contributed by atoms with Gasteiger partial charge in [-0.3, -0.25) is 4.98 Å². The van der Waals surface area contributed by atoms with Crippen LogP contribution in [-0.4, -0.2) is 10.7 Å². The zero-order valence-corrected chi connectivity index (χ0v) is 11.6. The summed E-state index contributed by atoms with van der Waals surface area (Å²) in [7, 11) is 0. The minimum absolute atomic E-state index is 0.0729. The highest BCUT2D eigenvalue weighted by Crippen LogP contribution is 2.24. The van der Waals surface area contributed by atoms with E-state index in [0.29, 0.717) is 0 Å². The molecule has 18 heavy (non-hydrogen) atoms. The molecule has 1 atom stereocenters. The Hall–Kier alpha value is -1.32. The molecule has 2 nitrogen and oxygen atoms in total. The summed E-state index contributed by atoms with van der Waals surface area (Å²) in [5.41, 5.74) is 10.1. The van der Waals surface area contributed by atoms with Crippen molar-refractivity contribution in [3.63, 3.8) is 0 Å². The van der Waals surface area contributed by atoms with E-state index in [0.717, 1.165) is 5.75 Å². The van der Waals surface area contributed by atoms with Gasteiger partial charge in [-0.15, -0.1) is 11.8 Å². The lowest BCUT2D eigenvalue weighted by Crippen LogP contribution is -2.14. The third-order valence-corrected chi connectivity index (χ3v) is 4.04. The van der Waals surface area contributed by atoms with Gasteiger partial charge in [0.25, 0.3) is 0 Å². The van der Waals surface area contributed by atoms with Gasteiger partial charge in [0, 0.05) is 29.1 Å². The van der Waals surface area contributed by atoms with Crippen molar-refractivity contribution in [2.75, 3.05) is 5.75 Å². The number of benzene rings is 1. The van der Waals surface area contributed by atoms with Gasteiger partial charge < -0.3 is 5.73 Å². The SMILES string of the molecule is Cc1ccc(C(N)CSc2ccncc2)c(C)c1. The summed E-state index contributed by atoms with van der Waals surface area (Å²) in [6, 6.07) is 10.6. The first-order chi connectivity index (χ1) is 8.66. The summed E-state index contributed by atoms with van der Waals surface area (Å²) in [5.74, 6) is 0.883. The predicted molar refractivity (Wildman–Crippen MR) is 77.8 cm³/mol. The molecular formula is C15H18N2S. The summed E-state index contributed by atoms with van der Waals surface area (Å²) < 4.78 is 0. The molecule has 1 aromatic carbocycles. The summed E-state index contributed by atoms with van der Waals surface area (Å²) >= 11 is 1.77. The smallest absolute Gasteiger partial charge is 0.0392 e. The van der Waals surface area contributed by atoms with Crippen LogP contribution in [0.25, 0.3) is 0 Å². The van der Waals surface area contributed by atoms with Gasteiger partial charge in [0.2, 0.25) is 0 Å². The predicted octanol–water partition coefficient (Wildman–Crippen LogP) is 3.49. The molecule has 2 aromatic rings. The topological polar surface area (TPSA) is 38.9 Å². The third kappa shape index (κ3) is 3.34. The van der Waals surface area contributed by atoms with Crippen LogP contribution in [0, 0.1) is 13.8 Å². The Bertz CT molecular complexity index is 511. The van der Waals surface area contributed by atoms with E-state index in [1.165, 1.54) is 21.6 Å². The number of thioether (sulfide) groups is 1. The van der Waals surface area contributed by atoms with E-state index >= 15 is 0 Å². The molecule has 0 aliphatic heterocycles. The summed E-state index contributed by atoms with van der Waals surface area (Å²) in [5, 5.41) is 0. The molecule has 0 amide bonds. The number of rotatable bonds is 4. The first-order valence-corrected chi connectivity index (χ1v) is 7.01. The van der Waals surface area contributed by atoms with E-state index in [9.17, 15) is 0 Å². The Balaban J connectivity index is 2.01. The summed E-state index contributed by atoms with van der Waals surface area (Å²) in [6.45, 7) is 4.23. The highest BCUT2D eigenvalue weighted by molar-refractivity contribution is 7.99.